The summed E-state index contributed by atoms with van der Waals surface area (Å²) in [6.07, 6.45) is 0. The second-order valence-electron chi connectivity index (χ2n) is 5.37. The Balaban J connectivity index is 1.73. The average Bonchev–Trinajstić information content (AvgIpc) is 3.01. The lowest BCUT2D eigenvalue weighted by molar-refractivity contribution is -0.113. The van der Waals surface area contributed by atoms with Crippen LogP contribution in [0.5, 0.6) is 5.75 Å². The van der Waals surface area contributed by atoms with E-state index in [2.05, 4.69) is 20.5 Å². The van der Waals surface area contributed by atoms with Gasteiger partial charge in [0.25, 0.3) is 5.56 Å². The number of aryl methyl sites for hydroxylation is 1. The lowest BCUT2D eigenvalue weighted by Gasteiger charge is -2.07. The average molecular weight is 359 g/mol. The third kappa shape index (κ3) is 3.50. The smallest absolute Gasteiger partial charge is 0.255 e. The predicted molar refractivity (Wildman–Crippen MR) is 95.4 cm³/mol. The van der Waals surface area contributed by atoms with E-state index in [4.69, 9.17) is 4.74 Å². The summed E-state index contributed by atoms with van der Waals surface area (Å²) in [7, 11) is 1.57. The first-order valence-corrected chi connectivity index (χ1v) is 8.49. The van der Waals surface area contributed by atoms with Gasteiger partial charge in [-0.15, -0.1) is 10.2 Å². The van der Waals surface area contributed by atoms with Gasteiger partial charge in [0.1, 0.15) is 5.75 Å². The first kappa shape index (κ1) is 17.0. The van der Waals surface area contributed by atoms with E-state index in [9.17, 15) is 9.59 Å². The number of carbonyl (C=O) groups excluding carboxylic acids is 1. The number of ether oxygens (including phenoxy) is 1. The molecule has 1 aromatic carbocycles. The Labute approximate surface area is 147 Å². The fourth-order valence-corrected chi connectivity index (χ4v) is 3.09. The number of methoxy groups -OCH3 is 1. The molecule has 25 heavy (non-hydrogen) atoms. The van der Waals surface area contributed by atoms with Crippen molar-refractivity contribution in [1.82, 2.24) is 19.6 Å². The lowest BCUT2D eigenvalue weighted by Crippen LogP contribution is -2.16. The van der Waals surface area contributed by atoms with Crippen LogP contribution in [0, 0.1) is 13.8 Å². The number of anilines is 1. The maximum Gasteiger partial charge on any atom is 0.255 e. The van der Waals surface area contributed by atoms with Gasteiger partial charge in [0, 0.05) is 23.0 Å². The third-order valence-corrected chi connectivity index (χ3v) is 4.69. The van der Waals surface area contributed by atoms with Crippen LogP contribution in [-0.2, 0) is 4.79 Å². The lowest BCUT2D eigenvalue weighted by atomic mass is 10.3. The topological polar surface area (TPSA) is 101 Å². The molecule has 9 heteroatoms. The fraction of sp³-hybridized carbons (Fsp3) is 0.250. The van der Waals surface area contributed by atoms with E-state index in [1.54, 1.807) is 42.7 Å². The Kier molecular flexibility index (Phi) is 4.75. The number of hydrogen-bond acceptors (Lipinski definition) is 6. The number of benzene rings is 1. The minimum Gasteiger partial charge on any atom is -0.497 e. The van der Waals surface area contributed by atoms with E-state index in [0.717, 1.165) is 5.69 Å². The molecule has 0 bridgehead atoms. The highest BCUT2D eigenvalue weighted by molar-refractivity contribution is 7.99. The zero-order valence-corrected chi connectivity index (χ0v) is 14.8. The predicted octanol–water partition coefficient (Wildman–Crippen LogP) is 1.77. The molecule has 0 saturated heterocycles. The largest absolute Gasteiger partial charge is 0.497 e. The van der Waals surface area contributed by atoms with Gasteiger partial charge in [0.15, 0.2) is 5.16 Å². The van der Waals surface area contributed by atoms with Gasteiger partial charge in [-0.3, -0.25) is 19.0 Å². The van der Waals surface area contributed by atoms with E-state index in [1.165, 1.54) is 11.8 Å². The highest BCUT2D eigenvalue weighted by Gasteiger charge is 2.14. The maximum absolute atomic E-state index is 12.2. The van der Waals surface area contributed by atoms with Crippen LogP contribution in [0.25, 0.3) is 5.78 Å². The van der Waals surface area contributed by atoms with Crippen molar-refractivity contribution in [2.75, 3.05) is 18.2 Å². The number of fused-ring (bicyclic) bond motifs is 1. The molecule has 3 aromatic rings. The van der Waals surface area contributed by atoms with E-state index in [-0.39, 0.29) is 17.2 Å². The minimum absolute atomic E-state index is 0.162. The van der Waals surface area contributed by atoms with Gasteiger partial charge in [0.05, 0.1) is 12.9 Å². The minimum atomic E-state index is -0.190. The SMILES string of the molecule is COc1cccc(NC(=O)CSc2nnc3[nH]c(=O)c(C)c(C)n23)c1. The molecular weight excluding hydrogens is 342 g/mol. The van der Waals surface area contributed by atoms with E-state index in [0.29, 0.717) is 27.9 Å². The summed E-state index contributed by atoms with van der Waals surface area (Å²) in [5.74, 6) is 1.02. The summed E-state index contributed by atoms with van der Waals surface area (Å²) >= 11 is 1.25. The fourth-order valence-electron chi connectivity index (χ4n) is 2.30. The van der Waals surface area contributed by atoms with Crippen molar-refractivity contribution in [2.24, 2.45) is 0 Å². The summed E-state index contributed by atoms with van der Waals surface area (Å²) < 4.78 is 6.87. The van der Waals surface area contributed by atoms with E-state index in [1.807, 2.05) is 6.92 Å². The van der Waals surface area contributed by atoms with Crippen molar-refractivity contribution in [3.8, 4) is 5.75 Å². The Morgan fingerprint density at radius 1 is 1.36 bits per heavy atom. The Morgan fingerprint density at radius 3 is 2.92 bits per heavy atom. The van der Waals surface area contributed by atoms with Crippen LogP contribution in [-0.4, -0.2) is 38.4 Å². The molecule has 0 aliphatic rings. The molecule has 0 saturated carbocycles. The number of hydrogen-bond donors (Lipinski definition) is 2. The molecule has 1 amide bonds. The summed E-state index contributed by atoms with van der Waals surface area (Å²) in [5.41, 5.74) is 1.81. The van der Waals surface area contributed by atoms with Crippen LogP contribution in [0.3, 0.4) is 0 Å². The molecule has 0 spiro atoms. The van der Waals surface area contributed by atoms with Crippen molar-refractivity contribution < 1.29 is 9.53 Å². The number of aromatic amines is 1. The zero-order valence-electron chi connectivity index (χ0n) is 14.0. The van der Waals surface area contributed by atoms with Crippen molar-refractivity contribution in [3.63, 3.8) is 0 Å². The number of H-pyrrole nitrogens is 1. The normalized spacial score (nSPS) is 10.8. The van der Waals surface area contributed by atoms with Gasteiger partial charge in [-0.2, -0.15) is 0 Å². The van der Waals surface area contributed by atoms with Crippen molar-refractivity contribution >= 4 is 29.1 Å². The molecule has 0 radical (unpaired) electrons. The molecule has 0 unspecified atom stereocenters. The molecular formula is C16H17N5O3S. The second kappa shape index (κ2) is 6.98. The molecule has 0 fully saturated rings. The van der Waals surface area contributed by atoms with Gasteiger partial charge >= 0.3 is 0 Å². The number of rotatable bonds is 5. The van der Waals surface area contributed by atoms with Crippen LogP contribution < -0.4 is 15.6 Å². The van der Waals surface area contributed by atoms with Crippen molar-refractivity contribution in [3.05, 3.63) is 45.9 Å². The van der Waals surface area contributed by atoms with Gasteiger partial charge in [-0.1, -0.05) is 17.8 Å². The maximum atomic E-state index is 12.2. The number of aromatic nitrogens is 4. The van der Waals surface area contributed by atoms with Crippen LogP contribution in [0.2, 0.25) is 0 Å². The van der Waals surface area contributed by atoms with Crippen molar-refractivity contribution in [2.45, 2.75) is 19.0 Å². The van der Waals surface area contributed by atoms with Crippen LogP contribution >= 0.6 is 11.8 Å². The van der Waals surface area contributed by atoms with E-state index >= 15 is 0 Å². The van der Waals surface area contributed by atoms with Gasteiger partial charge in [-0.05, 0) is 26.0 Å². The molecule has 0 aliphatic heterocycles. The van der Waals surface area contributed by atoms with E-state index < -0.39 is 0 Å². The number of carbonyl (C=O) groups is 1. The van der Waals surface area contributed by atoms with Crippen LogP contribution in [0.15, 0.2) is 34.2 Å². The van der Waals surface area contributed by atoms with Crippen LogP contribution in [0.1, 0.15) is 11.3 Å². The Hall–Kier alpha value is -2.81. The standard InChI is InChI=1S/C16H17N5O3S/c1-9-10(2)21-15(18-14(9)23)19-20-16(21)25-8-13(22)17-11-5-4-6-12(7-11)24-3/h4-7H,8H2,1-3H3,(H,17,22)(H,18,19,23). The summed E-state index contributed by atoms with van der Waals surface area (Å²) in [6.45, 7) is 3.55. The first-order valence-electron chi connectivity index (χ1n) is 7.51. The molecule has 8 nitrogen and oxygen atoms in total. The monoisotopic (exact) mass is 359 g/mol. The number of nitrogens with zero attached hydrogens (tertiary/aromatic N) is 3. The Bertz CT molecular complexity index is 995. The first-order chi connectivity index (χ1) is 12.0. The number of amides is 1. The number of thioether (sulfide) groups is 1. The molecule has 2 aromatic heterocycles. The molecule has 2 N–H and O–H groups in total. The van der Waals surface area contributed by atoms with Gasteiger partial charge < -0.3 is 10.1 Å². The number of nitrogens with one attached hydrogen (secondary N) is 2. The highest BCUT2D eigenvalue weighted by Crippen LogP contribution is 2.20. The summed E-state index contributed by atoms with van der Waals surface area (Å²) in [5, 5.41) is 11.4. The Morgan fingerprint density at radius 2 is 2.16 bits per heavy atom. The highest BCUT2D eigenvalue weighted by atomic mass is 32.2. The van der Waals surface area contributed by atoms with Gasteiger partial charge in [0.2, 0.25) is 11.7 Å². The second-order valence-corrected chi connectivity index (χ2v) is 6.32. The third-order valence-electron chi connectivity index (χ3n) is 3.76. The summed E-state index contributed by atoms with van der Waals surface area (Å²) in [6, 6.07) is 7.14. The zero-order chi connectivity index (χ0) is 18.0. The van der Waals surface area contributed by atoms with Gasteiger partial charge in [-0.25, -0.2) is 0 Å². The summed E-state index contributed by atoms with van der Waals surface area (Å²) in [4.78, 5) is 26.6. The molecule has 130 valence electrons. The molecule has 2 heterocycles. The molecule has 0 atom stereocenters. The quantitative estimate of drug-likeness (QED) is 0.673. The van der Waals surface area contributed by atoms with Crippen molar-refractivity contribution in [1.29, 1.82) is 0 Å². The molecule has 3 rings (SSSR count). The molecule has 0 aliphatic carbocycles. The van der Waals surface area contributed by atoms with Crippen LogP contribution in [0.4, 0.5) is 5.69 Å².